The number of hydrogen-bond donors (Lipinski definition) is 2. The molecule has 0 unspecified atom stereocenters. The number of benzene rings is 2. The van der Waals surface area contributed by atoms with Gasteiger partial charge >= 0.3 is 6.03 Å². The maximum atomic E-state index is 12.4. The van der Waals surface area contributed by atoms with Crippen LogP contribution in [0.2, 0.25) is 5.02 Å². The van der Waals surface area contributed by atoms with Crippen molar-refractivity contribution in [2.24, 2.45) is 0 Å². The summed E-state index contributed by atoms with van der Waals surface area (Å²) in [4.78, 5) is 26.2. The van der Waals surface area contributed by atoms with E-state index in [1.54, 1.807) is 61.6 Å². The van der Waals surface area contributed by atoms with Crippen LogP contribution in [0.4, 0.5) is 16.2 Å². The van der Waals surface area contributed by atoms with Crippen LogP contribution in [0.15, 0.2) is 42.5 Å². The van der Waals surface area contributed by atoms with E-state index in [0.717, 1.165) is 0 Å². The second-order valence-corrected chi connectivity index (χ2v) is 6.49. The number of ether oxygens (including phenoxy) is 2. The summed E-state index contributed by atoms with van der Waals surface area (Å²) < 4.78 is 10.5. The van der Waals surface area contributed by atoms with E-state index >= 15 is 0 Å². The number of carbonyl (C=O) groups excluding carboxylic acids is 2. The molecule has 3 rings (SSSR count). The molecule has 0 bridgehead atoms. The van der Waals surface area contributed by atoms with E-state index in [4.69, 9.17) is 21.1 Å². The summed E-state index contributed by atoms with van der Waals surface area (Å²) in [7, 11) is 3.09. The summed E-state index contributed by atoms with van der Waals surface area (Å²) in [6.45, 7) is 0.377. The van der Waals surface area contributed by atoms with Gasteiger partial charge in [-0.1, -0.05) is 11.6 Å². The van der Waals surface area contributed by atoms with Crippen molar-refractivity contribution >= 4 is 34.9 Å². The van der Waals surface area contributed by atoms with E-state index in [-0.39, 0.29) is 24.4 Å². The van der Waals surface area contributed by atoms with Gasteiger partial charge in [-0.2, -0.15) is 0 Å². The van der Waals surface area contributed by atoms with Crippen molar-refractivity contribution in [2.45, 2.75) is 12.5 Å². The number of halogens is 1. The maximum absolute atomic E-state index is 12.4. The normalized spacial score (nSPS) is 16.2. The van der Waals surface area contributed by atoms with Gasteiger partial charge in [0.25, 0.3) is 0 Å². The summed E-state index contributed by atoms with van der Waals surface area (Å²) in [6, 6.07) is 11.4. The van der Waals surface area contributed by atoms with Gasteiger partial charge in [0.1, 0.15) is 0 Å². The molecule has 7 nitrogen and oxygen atoms in total. The summed E-state index contributed by atoms with van der Waals surface area (Å²) >= 11 is 5.83. The molecular formula is C19H20ClN3O4. The zero-order valence-corrected chi connectivity index (χ0v) is 15.7. The first-order valence-electron chi connectivity index (χ1n) is 8.35. The second kappa shape index (κ2) is 8.18. The molecule has 0 aromatic heterocycles. The lowest BCUT2D eigenvalue weighted by atomic mass is 10.2. The monoisotopic (exact) mass is 389 g/mol. The molecule has 8 heteroatoms. The summed E-state index contributed by atoms with van der Waals surface area (Å²) in [6.07, 6.45) is 0.225. The zero-order chi connectivity index (χ0) is 19.4. The Morgan fingerprint density at radius 3 is 2.48 bits per heavy atom. The molecule has 2 aromatic carbocycles. The minimum atomic E-state index is -0.371. The van der Waals surface area contributed by atoms with Gasteiger partial charge in [-0.25, -0.2) is 4.79 Å². The molecule has 1 heterocycles. The van der Waals surface area contributed by atoms with Crippen LogP contribution in [-0.2, 0) is 4.79 Å². The fourth-order valence-corrected chi connectivity index (χ4v) is 3.06. The summed E-state index contributed by atoms with van der Waals surface area (Å²) in [5.74, 6) is 1.06. The quantitative estimate of drug-likeness (QED) is 0.822. The van der Waals surface area contributed by atoms with Crippen LogP contribution in [0, 0.1) is 0 Å². The fraction of sp³-hybridized carbons (Fsp3) is 0.263. The predicted molar refractivity (Wildman–Crippen MR) is 104 cm³/mol. The molecule has 3 amide bonds. The highest BCUT2D eigenvalue weighted by atomic mass is 35.5. The topological polar surface area (TPSA) is 79.9 Å². The largest absolute Gasteiger partial charge is 0.493 e. The van der Waals surface area contributed by atoms with Crippen molar-refractivity contribution in [3.63, 3.8) is 0 Å². The molecule has 0 radical (unpaired) electrons. The molecule has 1 saturated heterocycles. The van der Waals surface area contributed by atoms with Crippen LogP contribution in [0.25, 0.3) is 0 Å². The molecule has 2 N–H and O–H groups in total. The van der Waals surface area contributed by atoms with E-state index in [1.165, 1.54) is 0 Å². The molecule has 2 aromatic rings. The summed E-state index contributed by atoms with van der Waals surface area (Å²) in [5.41, 5.74) is 1.32. The Hall–Kier alpha value is -2.93. The number of anilines is 2. The average Bonchev–Trinajstić information content (AvgIpc) is 3.02. The minimum Gasteiger partial charge on any atom is -0.493 e. The summed E-state index contributed by atoms with van der Waals surface area (Å²) in [5, 5.41) is 6.14. The highest BCUT2D eigenvalue weighted by Gasteiger charge is 2.32. The van der Waals surface area contributed by atoms with Gasteiger partial charge in [0.05, 0.1) is 20.3 Å². The molecule has 0 aliphatic carbocycles. The van der Waals surface area contributed by atoms with Gasteiger partial charge < -0.3 is 25.0 Å². The molecule has 1 atom stereocenters. The number of hydrogen-bond acceptors (Lipinski definition) is 4. The van der Waals surface area contributed by atoms with Gasteiger partial charge in [-0.15, -0.1) is 0 Å². The van der Waals surface area contributed by atoms with Gasteiger partial charge in [0, 0.05) is 35.4 Å². The van der Waals surface area contributed by atoms with E-state index in [1.807, 2.05) is 0 Å². The zero-order valence-electron chi connectivity index (χ0n) is 15.0. The molecule has 0 saturated carbocycles. The molecule has 142 valence electrons. The smallest absolute Gasteiger partial charge is 0.319 e. The predicted octanol–water partition coefficient (Wildman–Crippen LogP) is 3.28. The highest BCUT2D eigenvalue weighted by Crippen LogP contribution is 2.33. The molecule has 1 aliphatic rings. The molecule has 1 fully saturated rings. The van der Waals surface area contributed by atoms with Crippen molar-refractivity contribution in [3.05, 3.63) is 47.5 Å². The first kappa shape index (κ1) is 18.8. The fourth-order valence-electron chi connectivity index (χ4n) is 2.93. The maximum Gasteiger partial charge on any atom is 0.319 e. The molecule has 1 aliphatic heterocycles. The van der Waals surface area contributed by atoms with Crippen LogP contribution in [0.3, 0.4) is 0 Å². The lowest BCUT2D eigenvalue weighted by molar-refractivity contribution is -0.117. The number of methoxy groups -OCH3 is 2. The third-order valence-corrected chi connectivity index (χ3v) is 4.49. The van der Waals surface area contributed by atoms with Gasteiger partial charge in [-0.05, 0) is 36.4 Å². The van der Waals surface area contributed by atoms with Gasteiger partial charge in [0.2, 0.25) is 5.91 Å². The number of urea groups is 1. The molecule has 27 heavy (non-hydrogen) atoms. The Morgan fingerprint density at radius 2 is 1.81 bits per heavy atom. The van der Waals surface area contributed by atoms with Crippen molar-refractivity contribution in [2.75, 3.05) is 31.0 Å². The Morgan fingerprint density at radius 1 is 1.11 bits per heavy atom. The van der Waals surface area contributed by atoms with Crippen molar-refractivity contribution in [3.8, 4) is 11.5 Å². The lowest BCUT2D eigenvalue weighted by Gasteiger charge is -2.19. The van der Waals surface area contributed by atoms with E-state index in [2.05, 4.69) is 10.6 Å². The van der Waals surface area contributed by atoms with Crippen molar-refractivity contribution in [1.82, 2.24) is 5.32 Å². The average molecular weight is 390 g/mol. The van der Waals surface area contributed by atoms with Crippen molar-refractivity contribution < 1.29 is 19.1 Å². The Balaban J connectivity index is 1.63. The van der Waals surface area contributed by atoms with Crippen LogP contribution >= 0.6 is 11.6 Å². The first-order chi connectivity index (χ1) is 13.0. The Kier molecular flexibility index (Phi) is 5.71. The van der Waals surface area contributed by atoms with Crippen LogP contribution in [-0.4, -0.2) is 38.7 Å². The third-order valence-electron chi connectivity index (χ3n) is 4.24. The lowest BCUT2D eigenvalue weighted by Crippen LogP contribution is -2.39. The third kappa shape index (κ3) is 4.43. The Labute approximate surface area is 162 Å². The van der Waals surface area contributed by atoms with Crippen molar-refractivity contribution in [1.29, 1.82) is 0 Å². The minimum absolute atomic E-state index is 0.0704. The SMILES string of the molecule is COc1ccc(N2C[C@H](NC(=O)Nc3ccc(Cl)cc3)CC2=O)cc1OC. The van der Waals surface area contributed by atoms with Crippen LogP contribution in [0.5, 0.6) is 11.5 Å². The first-order valence-corrected chi connectivity index (χ1v) is 8.73. The number of carbonyl (C=O) groups is 2. The van der Waals surface area contributed by atoms with E-state index in [0.29, 0.717) is 34.4 Å². The number of rotatable bonds is 5. The highest BCUT2D eigenvalue weighted by molar-refractivity contribution is 6.30. The number of nitrogens with zero attached hydrogens (tertiary/aromatic N) is 1. The van der Waals surface area contributed by atoms with E-state index in [9.17, 15) is 9.59 Å². The number of nitrogens with one attached hydrogen (secondary N) is 2. The second-order valence-electron chi connectivity index (χ2n) is 6.05. The molecular weight excluding hydrogens is 370 g/mol. The van der Waals surface area contributed by atoms with Gasteiger partial charge in [-0.3, -0.25) is 4.79 Å². The molecule has 0 spiro atoms. The standard InChI is InChI=1S/C19H20ClN3O4/c1-26-16-8-7-15(10-17(16)27-2)23-11-14(9-18(23)24)22-19(25)21-13-5-3-12(20)4-6-13/h3-8,10,14H,9,11H2,1-2H3,(H2,21,22,25)/t14-/m1/s1. The van der Waals surface area contributed by atoms with Gasteiger partial charge in [0.15, 0.2) is 11.5 Å². The van der Waals surface area contributed by atoms with E-state index < -0.39 is 0 Å². The van der Waals surface area contributed by atoms with Crippen LogP contribution < -0.4 is 25.0 Å². The number of amides is 3. The van der Waals surface area contributed by atoms with Crippen LogP contribution in [0.1, 0.15) is 6.42 Å². The Bertz CT molecular complexity index is 841.